The van der Waals surface area contributed by atoms with E-state index >= 15 is 0 Å². The van der Waals surface area contributed by atoms with E-state index in [1.54, 1.807) is 24.3 Å². The Morgan fingerprint density at radius 3 is 2.45 bits per heavy atom. The lowest BCUT2D eigenvalue weighted by Crippen LogP contribution is -2.41. The van der Waals surface area contributed by atoms with Crippen LogP contribution in [0.15, 0.2) is 89.9 Å². The molecule has 4 aromatic rings. The molecule has 166 valence electrons. The molecule has 0 saturated heterocycles. The Balaban J connectivity index is 1.76. The first-order chi connectivity index (χ1) is 16.0. The van der Waals surface area contributed by atoms with E-state index in [1.165, 1.54) is 54.0 Å². The third-order valence-electron chi connectivity index (χ3n) is 5.01. The summed E-state index contributed by atoms with van der Waals surface area (Å²) in [6, 6.07) is 15.2. The highest BCUT2D eigenvalue weighted by atomic mass is 19.1. The fourth-order valence-corrected chi connectivity index (χ4v) is 3.37. The van der Waals surface area contributed by atoms with Crippen LogP contribution in [0.3, 0.4) is 0 Å². The molecule has 33 heavy (non-hydrogen) atoms. The van der Waals surface area contributed by atoms with Crippen molar-refractivity contribution < 1.29 is 18.4 Å². The van der Waals surface area contributed by atoms with Gasteiger partial charge in [-0.3, -0.25) is 14.6 Å². The van der Waals surface area contributed by atoms with Crippen molar-refractivity contribution in [1.29, 1.82) is 0 Å². The molecule has 1 atom stereocenters. The van der Waals surface area contributed by atoms with Crippen molar-refractivity contribution in [3.8, 4) is 0 Å². The van der Waals surface area contributed by atoms with Gasteiger partial charge in [-0.2, -0.15) is 0 Å². The zero-order valence-electron chi connectivity index (χ0n) is 17.8. The average molecular weight is 444 g/mol. The first-order valence-electron chi connectivity index (χ1n) is 10.2. The Morgan fingerprint density at radius 2 is 1.82 bits per heavy atom. The van der Waals surface area contributed by atoms with Crippen molar-refractivity contribution in [3.05, 3.63) is 114 Å². The molecule has 0 radical (unpaired) electrons. The summed E-state index contributed by atoms with van der Waals surface area (Å²) in [5, 5.41) is 2.78. The van der Waals surface area contributed by atoms with Crippen molar-refractivity contribution >= 4 is 17.5 Å². The smallest absolute Gasteiger partial charge is 0.275 e. The molecular formula is C25H21FN4O3. The summed E-state index contributed by atoms with van der Waals surface area (Å²) < 4.78 is 18.8. The van der Waals surface area contributed by atoms with Crippen LogP contribution in [0.1, 0.15) is 33.4 Å². The first kappa shape index (κ1) is 21.9. The molecule has 0 aliphatic rings. The van der Waals surface area contributed by atoms with Crippen molar-refractivity contribution in [3.63, 3.8) is 0 Å². The number of anilines is 1. The summed E-state index contributed by atoms with van der Waals surface area (Å²) >= 11 is 0. The van der Waals surface area contributed by atoms with Crippen molar-refractivity contribution in [2.75, 3.05) is 5.32 Å². The predicted molar refractivity (Wildman–Crippen MR) is 120 cm³/mol. The number of rotatable bonds is 7. The average Bonchev–Trinajstić information content (AvgIpc) is 3.35. The van der Waals surface area contributed by atoms with Gasteiger partial charge in [0.2, 0.25) is 0 Å². The number of carbonyl (C=O) groups is 2. The van der Waals surface area contributed by atoms with Gasteiger partial charge in [0.1, 0.15) is 23.3 Å². The number of furan rings is 1. The minimum absolute atomic E-state index is 0.0256. The van der Waals surface area contributed by atoms with Gasteiger partial charge in [0.05, 0.1) is 19.0 Å². The van der Waals surface area contributed by atoms with Gasteiger partial charge in [0, 0.05) is 18.1 Å². The second kappa shape index (κ2) is 9.86. The van der Waals surface area contributed by atoms with Crippen LogP contribution in [0.2, 0.25) is 0 Å². The fourth-order valence-electron chi connectivity index (χ4n) is 3.37. The summed E-state index contributed by atoms with van der Waals surface area (Å²) in [4.78, 5) is 36.5. The molecule has 0 bridgehead atoms. The molecule has 2 amide bonds. The molecule has 0 spiro atoms. The highest BCUT2D eigenvalue weighted by molar-refractivity contribution is 6.00. The number of aryl methyl sites for hydroxylation is 1. The van der Waals surface area contributed by atoms with E-state index in [4.69, 9.17) is 4.42 Å². The Kier molecular flexibility index (Phi) is 6.54. The largest absolute Gasteiger partial charge is 0.467 e. The summed E-state index contributed by atoms with van der Waals surface area (Å²) in [6.07, 6.45) is 5.73. The number of nitrogens with zero attached hydrogens (tertiary/aromatic N) is 3. The van der Waals surface area contributed by atoms with E-state index in [0.29, 0.717) is 17.0 Å². The number of hydrogen-bond donors (Lipinski definition) is 1. The number of hydrogen-bond acceptors (Lipinski definition) is 5. The van der Waals surface area contributed by atoms with Gasteiger partial charge in [0.25, 0.3) is 11.8 Å². The molecule has 0 fully saturated rings. The number of halogens is 1. The van der Waals surface area contributed by atoms with Gasteiger partial charge in [-0.05, 0) is 48.9 Å². The van der Waals surface area contributed by atoms with Gasteiger partial charge >= 0.3 is 0 Å². The van der Waals surface area contributed by atoms with Crippen molar-refractivity contribution in [2.24, 2.45) is 0 Å². The van der Waals surface area contributed by atoms with Gasteiger partial charge < -0.3 is 14.6 Å². The van der Waals surface area contributed by atoms with E-state index < -0.39 is 23.7 Å². The molecule has 1 N–H and O–H groups in total. The maximum Gasteiger partial charge on any atom is 0.275 e. The number of carbonyl (C=O) groups excluding carboxylic acids is 2. The fraction of sp³-hybridized carbons (Fsp3) is 0.120. The van der Waals surface area contributed by atoms with E-state index in [0.717, 1.165) is 5.56 Å². The molecule has 0 aliphatic heterocycles. The van der Waals surface area contributed by atoms with Gasteiger partial charge in [0.15, 0.2) is 0 Å². The molecular weight excluding hydrogens is 423 g/mol. The second-order valence-corrected chi connectivity index (χ2v) is 7.41. The molecule has 8 heteroatoms. The third kappa shape index (κ3) is 5.30. The van der Waals surface area contributed by atoms with Gasteiger partial charge in [-0.15, -0.1) is 0 Å². The molecule has 0 aliphatic carbocycles. The topological polar surface area (TPSA) is 88.3 Å². The van der Waals surface area contributed by atoms with Crippen molar-refractivity contribution in [2.45, 2.75) is 19.5 Å². The quantitative estimate of drug-likeness (QED) is 0.452. The molecule has 2 heterocycles. The van der Waals surface area contributed by atoms with E-state index in [-0.39, 0.29) is 12.2 Å². The molecule has 4 rings (SSSR count). The van der Waals surface area contributed by atoms with E-state index in [9.17, 15) is 14.0 Å². The molecule has 2 aromatic carbocycles. The first-order valence-corrected chi connectivity index (χ1v) is 10.2. The Labute approximate surface area is 189 Å². The lowest BCUT2D eigenvalue weighted by molar-refractivity contribution is -0.121. The minimum atomic E-state index is -1.02. The number of amides is 2. The highest BCUT2D eigenvalue weighted by Crippen LogP contribution is 2.27. The van der Waals surface area contributed by atoms with Crippen LogP contribution in [0.5, 0.6) is 0 Å². The monoisotopic (exact) mass is 444 g/mol. The van der Waals surface area contributed by atoms with Gasteiger partial charge in [-0.25, -0.2) is 9.37 Å². The summed E-state index contributed by atoms with van der Waals surface area (Å²) in [6.45, 7) is 1.96. The van der Waals surface area contributed by atoms with Crippen LogP contribution in [0.25, 0.3) is 0 Å². The van der Waals surface area contributed by atoms with Crippen LogP contribution in [0, 0.1) is 12.7 Å². The highest BCUT2D eigenvalue weighted by Gasteiger charge is 2.33. The van der Waals surface area contributed by atoms with Gasteiger partial charge in [-0.1, -0.05) is 29.8 Å². The molecule has 0 saturated carbocycles. The zero-order valence-corrected chi connectivity index (χ0v) is 17.8. The lowest BCUT2D eigenvalue weighted by Gasteiger charge is -2.30. The van der Waals surface area contributed by atoms with Crippen LogP contribution in [-0.4, -0.2) is 26.7 Å². The predicted octanol–water partition coefficient (Wildman–Crippen LogP) is 4.54. The van der Waals surface area contributed by atoms with E-state index in [2.05, 4.69) is 15.3 Å². The van der Waals surface area contributed by atoms with Crippen LogP contribution >= 0.6 is 0 Å². The number of aromatic nitrogens is 2. The summed E-state index contributed by atoms with van der Waals surface area (Å²) in [5.74, 6) is -0.868. The van der Waals surface area contributed by atoms with Crippen molar-refractivity contribution in [1.82, 2.24) is 14.9 Å². The lowest BCUT2D eigenvalue weighted by atomic mass is 10.0. The standard InChI is InChI=1S/C25H21FN4O3/c1-17-4-6-18(7-5-17)23(24(31)29-20-10-8-19(26)9-11-20)30(16-21-3-2-14-33-21)25(32)22-15-27-12-13-28-22/h2-15,23H,16H2,1H3,(H,29,31). The number of benzene rings is 2. The van der Waals surface area contributed by atoms with Crippen LogP contribution < -0.4 is 5.32 Å². The maximum atomic E-state index is 13.5. The Bertz CT molecular complexity index is 1210. The SMILES string of the molecule is Cc1ccc(C(C(=O)Nc2ccc(F)cc2)N(Cc2ccco2)C(=O)c2cnccn2)cc1. The second-order valence-electron chi connectivity index (χ2n) is 7.41. The molecule has 1 unspecified atom stereocenters. The molecule has 2 aromatic heterocycles. The minimum Gasteiger partial charge on any atom is -0.467 e. The van der Waals surface area contributed by atoms with Crippen LogP contribution in [0.4, 0.5) is 10.1 Å². The Hall–Kier alpha value is -4.33. The molecule has 7 nitrogen and oxygen atoms in total. The zero-order chi connectivity index (χ0) is 23.2. The van der Waals surface area contributed by atoms with Crippen LogP contribution in [-0.2, 0) is 11.3 Å². The number of nitrogens with one attached hydrogen (secondary N) is 1. The van der Waals surface area contributed by atoms with E-state index in [1.807, 2.05) is 19.1 Å². The Morgan fingerprint density at radius 1 is 1.06 bits per heavy atom. The summed E-state index contributed by atoms with van der Waals surface area (Å²) in [5.41, 5.74) is 2.11. The maximum absolute atomic E-state index is 13.5. The third-order valence-corrected chi connectivity index (χ3v) is 5.01. The normalized spacial score (nSPS) is 11.6. The summed E-state index contributed by atoms with van der Waals surface area (Å²) in [7, 11) is 0.